The highest BCUT2D eigenvalue weighted by atomic mass is 15.2. The number of hydrogen-bond acceptors (Lipinski definition) is 2. The van der Waals surface area contributed by atoms with Crippen LogP contribution in [0.1, 0.15) is 0 Å². The highest BCUT2D eigenvalue weighted by Crippen LogP contribution is 2.46. The van der Waals surface area contributed by atoms with Crippen LogP contribution < -0.4 is 0 Å². The maximum absolute atomic E-state index is 5.70. The summed E-state index contributed by atoms with van der Waals surface area (Å²) in [6, 6.07) is 106. The van der Waals surface area contributed by atoms with E-state index in [1.807, 2.05) is 0 Å². The van der Waals surface area contributed by atoms with Crippen LogP contribution in [0.4, 0.5) is 0 Å². The zero-order valence-corrected chi connectivity index (χ0v) is 45.4. The van der Waals surface area contributed by atoms with Crippen molar-refractivity contribution in [2.45, 2.75) is 0 Å². The Labute approximate surface area is 482 Å². The van der Waals surface area contributed by atoms with Gasteiger partial charge in [0.15, 0.2) is 0 Å². The molecule has 0 fully saturated rings. The highest BCUT2D eigenvalue weighted by Gasteiger charge is 2.26. The van der Waals surface area contributed by atoms with Crippen LogP contribution in [-0.2, 0) is 0 Å². The lowest BCUT2D eigenvalue weighted by atomic mass is 9.96. The van der Waals surface area contributed by atoms with Gasteiger partial charge in [-0.3, -0.25) is 4.57 Å². The van der Waals surface area contributed by atoms with E-state index in [4.69, 9.17) is 9.97 Å². The average molecular weight is 1070 g/mol. The van der Waals surface area contributed by atoms with Crippen LogP contribution in [-0.4, -0.2) is 28.2 Å². The molecule has 5 aromatic heterocycles. The quantitative estimate of drug-likeness (QED) is 0.160. The van der Waals surface area contributed by atoms with Crippen molar-refractivity contribution in [1.82, 2.24) is 28.2 Å². The molecule has 0 radical (unpaired) electrons. The SMILES string of the molecule is c1ccc(-n2c3ccccc3c3ccc4c5cc(-c6ccc7c(c6)c6ccc8c9ccccc9n(-c9ccccc9)c8c6n7-c6nc(-c7ccc(-c8cccc9ccccc89)cc7)c7ccccc7n6)ccc5n(-c5ccccc5)c4c32)cc1. The Morgan fingerprint density at radius 1 is 0.226 bits per heavy atom. The molecule has 0 aliphatic carbocycles. The molecule has 0 aliphatic heterocycles. The zero-order valence-electron chi connectivity index (χ0n) is 45.4. The third-order valence-electron chi connectivity index (χ3n) is 17.5. The molecular weight excluding hydrogens is 1020 g/mol. The molecule has 18 aromatic rings. The van der Waals surface area contributed by atoms with E-state index in [0.717, 1.165) is 99.7 Å². The molecule has 0 N–H and O–H groups in total. The second-order valence-corrected chi connectivity index (χ2v) is 22.1. The van der Waals surface area contributed by atoms with Gasteiger partial charge in [-0.15, -0.1) is 0 Å². The van der Waals surface area contributed by atoms with E-state index in [-0.39, 0.29) is 0 Å². The second kappa shape index (κ2) is 18.1. The molecule has 0 bridgehead atoms. The summed E-state index contributed by atoms with van der Waals surface area (Å²) in [7, 11) is 0. The van der Waals surface area contributed by atoms with Crippen molar-refractivity contribution in [2.24, 2.45) is 0 Å². The van der Waals surface area contributed by atoms with Crippen LogP contribution in [0, 0.1) is 0 Å². The normalized spacial score (nSPS) is 12.0. The van der Waals surface area contributed by atoms with Crippen LogP contribution >= 0.6 is 0 Å². The zero-order chi connectivity index (χ0) is 55.0. The lowest BCUT2D eigenvalue weighted by Gasteiger charge is -2.14. The van der Waals surface area contributed by atoms with E-state index in [9.17, 15) is 0 Å². The molecule has 390 valence electrons. The lowest BCUT2D eigenvalue weighted by molar-refractivity contribution is 1.01. The van der Waals surface area contributed by atoms with Gasteiger partial charge in [-0.05, 0) is 112 Å². The molecule has 0 saturated heterocycles. The number of hydrogen-bond donors (Lipinski definition) is 0. The summed E-state index contributed by atoms with van der Waals surface area (Å²) in [5.41, 5.74) is 19.8. The van der Waals surface area contributed by atoms with Crippen molar-refractivity contribution < 1.29 is 0 Å². The Morgan fingerprint density at radius 2 is 0.619 bits per heavy atom. The van der Waals surface area contributed by atoms with Gasteiger partial charge in [-0.2, -0.15) is 0 Å². The molecule has 0 amide bonds. The highest BCUT2D eigenvalue weighted by molar-refractivity contribution is 6.26. The summed E-state index contributed by atoms with van der Waals surface area (Å²) in [6.07, 6.45) is 0. The fourth-order valence-corrected chi connectivity index (χ4v) is 13.9. The molecule has 0 unspecified atom stereocenters. The molecule has 0 atom stereocenters. The first kappa shape index (κ1) is 46.4. The smallest absolute Gasteiger partial charge is 0.235 e. The van der Waals surface area contributed by atoms with Crippen LogP contribution in [0.2, 0.25) is 0 Å². The molecule has 6 heteroatoms. The fraction of sp³-hybridized carbons (Fsp3) is 0. The predicted octanol–water partition coefficient (Wildman–Crippen LogP) is 20.2. The molecule has 18 rings (SSSR count). The van der Waals surface area contributed by atoms with Gasteiger partial charge >= 0.3 is 0 Å². The van der Waals surface area contributed by atoms with Crippen molar-refractivity contribution >= 4 is 109 Å². The fourth-order valence-electron chi connectivity index (χ4n) is 13.9. The Balaban J connectivity index is 0.891. The molecule has 0 spiro atoms. The van der Waals surface area contributed by atoms with Gasteiger partial charge in [0.2, 0.25) is 5.95 Å². The van der Waals surface area contributed by atoms with E-state index in [0.29, 0.717) is 5.95 Å². The van der Waals surface area contributed by atoms with Crippen molar-refractivity contribution in [1.29, 1.82) is 0 Å². The maximum atomic E-state index is 5.70. The number of aromatic nitrogens is 6. The topological polar surface area (TPSA) is 45.5 Å². The van der Waals surface area contributed by atoms with E-state index < -0.39 is 0 Å². The van der Waals surface area contributed by atoms with Crippen LogP contribution in [0.3, 0.4) is 0 Å². The first-order valence-corrected chi connectivity index (χ1v) is 28.7. The van der Waals surface area contributed by atoms with Gasteiger partial charge in [0.05, 0.1) is 55.3 Å². The number of benzene rings is 13. The monoisotopic (exact) mass is 1070 g/mol. The van der Waals surface area contributed by atoms with Crippen molar-refractivity contribution in [3.8, 4) is 56.5 Å². The van der Waals surface area contributed by atoms with Crippen molar-refractivity contribution in [3.63, 3.8) is 0 Å². The number of para-hydroxylation sites is 6. The van der Waals surface area contributed by atoms with E-state index in [1.165, 1.54) is 59.8 Å². The Kier molecular flexibility index (Phi) is 9.99. The van der Waals surface area contributed by atoms with E-state index >= 15 is 0 Å². The molecular formula is C78H48N6. The van der Waals surface area contributed by atoms with E-state index in [2.05, 4.69) is 309 Å². The Bertz CT molecular complexity index is 5700. The maximum Gasteiger partial charge on any atom is 0.235 e. The summed E-state index contributed by atoms with van der Waals surface area (Å²) in [6.45, 7) is 0. The predicted molar refractivity (Wildman–Crippen MR) is 351 cm³/mol. The second-order valence-electron chi connectivity index (χ2n) is 22.1. The Morgan fingerprint density at radius 3 is 1.17 bits per heavy atom. The van der Waals surface area contributed by atoms with Crippen molar-refractivity contribution in [2.75, 3.05) is 0 Å². The molecule has 5 heterocycles. The average Bonchev–Trinajstić information content (AvgIpc) is 1.88. The minimum absolute atomic E-state index is 0.612. The summed E-state index contributed by atoms with van der Waals surface area (Å²) < 4.78 is 9.70. The minimum Gasteiger partial charge on any atom is -0.307 e. The minimum atomic E-state index is 0.612. The van der Waals surface area contributed by atoms with Crippen LogP contribution in [0.25, 0.3) is 165 Å². The van der Waals surface area contributed by atoms with E-state index in [1.54, 1.807) is 0 Å². The van der Waals surface area contributed by atoms with Gasteiger partial charge in [-0.1, -0.05) is 212 Å². The standard InChI is InChI=1S/C78H48N6/c1-4-21-54(22-5-1)81-69-33-16-13-28-59(69)61-41-43-63-66-47-52(39-45-71(66)83(76(63)74(61)81)56-25-8-3-9-26-56)53-40-46-72-67(48-53)64-44-42-62-60-29-14-17-34-70(60)82(55-23-6-2-7-24-55)75(62)77(64)84(72)78-79-68-32-15-12-30-65(68)73(80-78)51-37-35-50(36-38-51)58-31-18-20-49-19-10-11-27-57(49)58/h1-48H. The lowest BCUT2D eigenvalue weighted by Crippen LogP contribution is -2.05. The van der Waals surface area contributed by atoms with Crippen LogP contribution in [0.15, 0.2) is 291 Å². The summed E-state index contributed by atoms with van der Waals surface area (Å²) in [5, 5.41) is 12.9. The molecule has 0 saturated carbocycles. The molecule has 84 heavy (non-hydrogen) atoms. The van der Waals surface area contributed by atoms with Crippen LogP contribution in [0.5, 0.6) is 0 Å². The summed E-state index contributed by atoms with van der Waals surface area (Å²) in [5.74, 6) is 0.612. The van der Waals surface area contributed by atoms with Gasteiger partial charge in [0.25, 0.3) is 0 Å². The van der Waals surface area contributed by atoms with Crippen molar-refractivity contribution in [3.05, 3.63) is 291 Å². The van der Waals surface area contributed by atoms with Gasteiger partial charge in [-0.25, -0.2) is 9.97 Å². The van der Waals surface area contributed by atoms with Gasteiger partial charge in [0.1, 0.15) is 0 Å². The van der Waals surface area contributed by atoms with Gasteiger partial charge in [0, 0.05) is 71.1 Å². The number of rotatable bonds is 7. The number of nitrogens with zero attached hydrogens (tertiary/aromatic N) is 6. The summed E-state index contributed by atoms with van der Waals surface area (Å²) >= 11 is 0. The summed E-state index contributed by atoms with van der Waals surface area (Å²) in [4.78, 5) is 11.2. The molecule has 6 nitrogen and oxygen atoms in total. The van der Waals surface area contributed by atoms with Gasteiger partial charge < -0.3 is 13.7 Å². The third kappa shape index (κ3) is 6.79. The first-order chi connectivity index (χ1) is 41.7. The number of fused-ring (bicyclic) bond motifs is 16. The Hall–Kier alpha value is -11.3. The molecule has 13 aromatic carbocycles. The first-order valence-electron chi connectivity index (χ1n) is 28.7. The third-order valence-corrected chi connectivity index (χ3v) is 17.5. The largest absolute Gasteiger partial charge is 0.307 e. The molecule has 0 aliphatic rings.